The van der Waals surface area contributed by atoms with E-state index in [0.717, 1.165) is 43.0 Å². The standard InChI is InChI=1S/C17H25N3O/c1-13(2)10-18-11-14-4-3-8-20(12-14)17-15-6-9-21-16(15)5-7-19-17/h5-7,9,13-14,18H,3-4,8,10-12H2,1-2H3. The topological polar surface area (TPSA) is 41.3 Å². The molecule has 3 heterocycles. The first-order valence-corrected chi connectivity index (χ1v) is 8.02. The average Bonchev–Trinajstić information content (AvgIpc) is 2.95. The van der Waals surface area contributed by atoms with E-state index in [2.05, 4.69) is 29.0 Å². The second-order valence-electron chi connectivity index (χ2n) is 6.47. The van der Waals surface area contributed by atoms with E-state index in [1.807, 2.05) is 18.3 Å². The number of aromatic nitrogens is 1. The second-order valence-corrected chi connectivity index (χ2v) is 6.47. The highest BCUT2D eigenvalue weighted by molar-refractivity contribution is 5.88. The first-order valence-electron chi connectivity index (χ1n) is 8.02. The molecule has 0 spiro atoms. The van der Waals surface area contributed by atoms with Crippen molar-refractivity contribution in [2.45, 2.75) is 26.7 Å². The molecule has 0 amide bonds. The Kier molecular flexibility index (Phi) is 4.44. The van der Waals surface area contributed by atoms with Crippen LogP contribution in [0.25, 0.3) is 11.0 Å². The molecule has 4 nitrogen and oxygen atoms in total. The van der Waals surface area contributed by atoms with Crippen LogP contribution < -0.4 is 10.2 Å². The third-order valence-electron chi connectivity index (χ3n) is 4.16. The Hall–Kier alpha value is -1.55. The maximum absolute atomic E-state index is 5.49. The summed E-state index contributed by atoms with van der Waals surface area (Å²) in [6, 6.07) is 3.96. The van der Waals surface area contributed by atoms with Crippen molar-refractivity contribution in [2.24, 2.45) is 11.8 Å². The molecule has 21 heavy (non-hydrogen) atoms. The lowest BCUT2D eigenvalue weighted by Gasteiger charge is -2.34. The molecule has 1 aliphatic rings. The van der Waals surface area contributed by atoms with Crippen molar-refractivity contribution in [2.75, 3.05) is 31.1 Å². The van der Waals surface area contributed by atoms with E-state index < -0.39 is 0 Å². The first-order chi connectivity index (χ1) is 10.2. The van der Waals surface area contributed by atoms with Gasteiger partial charge in [0, 0.05) is 19.3 Å². The van der Waals surface area contributed by atoms with Crippen LogP contribution in [0.3, 0.4) is 0 Å². The molecule has 1 unspecified atom stereocenters. The highest BCUT2D eigenvalue weighted by Crippen LogP contribution is 2.28. The zero-order chi connectivity index (χ0) is 14.7. The van der Waals surface area contributed by atoms with E-state index in [-0.39, 0.29) is 0 Å². The van der Waals surface area contributed by atoms with E-state index in [0.29, 0.717) is 11.8 Å². The molecule has 0 aliphatic carbocycles. The Balaban J connectivity index is 1.67. The van der Waals surface area contributed by atoms with Gasteiger partial charge in [0.15, 0.2) is 0 Å². The number of piperidine rings is 1. The van der Waals surface area contributed by atoms with E-state index >= 15 is 0 Å². The van der Waals surface area contributed by atoms with Crippen molar-refractivity contribution in [3.05, 3.63) is 24.6 Å². The van der Waals surface area contributed by atoms with Crippen molar-refractivity contribution >= 4 is 16.8 Å². The third kappa shape index (κ3) is 3.38. The fraction of sp³-hybridized carbons (Fsp3) is 0.588. The van der Waals surface area contributed by atoms with Gasteiger partial charge in [-0.2, -0.15) is 0 Å². The van der Waals surface area contributed by atoms with Gasteiger partial charge in [-0.05, 0) is 49.9 Å². The molecular weight excluding hydrogens is 262 g/mol. The molecule has 1 saturated heterocycles. The number of furan rings is 1. The van der Waals surface area contributed by atoms with Crippen molar-refractivity contribution in [1.82, 2.24) is 10.3 Å². The molecule has 1 fully saturated rings. The van der Waals surface area contributed by atoms with Gasteiger partial charge in [0.05, 0.1) is 11.6 Å². The van der Waals surface area contributed by atoms with Gasteiger partial charge in [-0.1, -0.05) is 13.8 Å². The van der Waals surface area contributed by atoms with Gasteiger partial charge < -0.3 is 14.6 Å². The SMILES string of the molecule is CC(C)CNCC1CCCN(c2nccc3occc23)C1. The lowest BCUT2D eigenvalue weighted by Crippen LogP contribution is -2.40. The molecule has 2 aromatic heterocycles. The fourth-order valence-corrected chi connectivity index (χ4v) is 3.13. The summed E-state index contributed by atoms with van der Waals surface area (Å²) in [5, 5.41) is 4.73. The van der Waals surface area contributed by atoms with Gasteiger partial charge in [-0.3, -0.25) is 0 Å². The van der Waals surface area contributed by atoms with Crippen molar-refractivity contribution < 1.29 is 4.42 Å². The van der Waals surface area contributed by atoms with E-state index in [4.69, 9.17) is 4.42 Å². The number of nitrogens with one attached hydrogen (secondary N) is 1. The molecule has 0 saturated carbocycles. The molecule has 1 aliphatic heterocycles. The van der Waals surface area contributed by atoms with Crippen LogP contribution in [-0.4, -0.2) is 31.2 Å². The second kappa shape index (κ2) is 6.48. The lowest BCUT2D eigenvalue weighted by molar-refractivity contribution is 0.381. The van der Waals surface area contributed by atoms with Crippen LogP contribution in [0.1, 0.15) is 26.7 Å². The summed E-state index contributed by atoms with van der Waals surface area (Å²) in [4.78, 5) is 7.01. The van der Waals surface area contributed by atoms with Crippen LogP contribution in [0.5, 0.6) is 0 Å². The summed E-state index contributed by atoms with van der Waals surface area (Å²) in [6.45, 7) is 8.90. The van der Waals surface area contributed by atoms with Gasteiger partial charge in [0.25, 0.3) is 0 Å². The zero-order valence-electron chi connectivity index (χ0n) is 13.0. The summed E-state index contributed by atoms with van der Waals surface area (Å²) >= 11 is 0. The maximum atomic E-state index is 5.49. The monoisotopic (exact) mass is 287 g/mol. The van der Waals surface area contributed by atoms with Crippen molar-refractivity contribution in [3.63, 3.8) is 0 Å². The number of rotatable bonds is 5. The van der Waals surface area contributed by atoms with E-state index in [1.165, 1.54) is 12.8 Å². The predicted molar refractivity (Wildman–Crippen MR) is 86.7 cm³/mol. The molecule has 0 radical (unpaired) electrons. The van der Waals surface area contributed by atoms with Gasteiger partial charge in [0.2, 0.25) is 0 Å². The Bertz CT molecular complexity index is 578. The highest BCUT2D eigenvalue weighted by Gasteiger charge is 2.22. The maximum Gasteiger partial charge on any atom is 0.139 e. The van der Waals surface area contributed by atoms with Crippen LogP contribution in [0, 0.1) is 11.8 Å². The Labute approximate surface area is 126 Å². The number of fused-ring (bicyclic) bond motifs is 1. The largest absolute Gasteiger partial charge is 0.464 e. The minimum atomic E-state index is 0.710. The highest BCUT2D eigenvalue weighted by atomic mass is 16.3. The van der Waals surface area contributed by atoms with Crippen LogP contribution in [-0.2, 0) is 0 Å². The van der Waals surface area contributed by atoms with Gasteiger partial charge in [0.1, 0.15) is 11.4 Å². The number of pyridine rings is 1. The normalized spacial score (nSPS) is 19.6. The smallest absolute Gasteiger partial charge is 0.139 e. The van der Waals surface area contributed by atoms with Crippen molar-refractivity contribution in [1.29, 1.82) is 0 Å². The average molecular weight is 287 g/mol. The molecule has 114 valence electrons. The summed E-state index contributed by atoms with van der Waals surface area (Å²) in [5.74, 6) is 2.50. The van der Waals surface area contributed by atoms with Gasteiger partial charge >= 0.3 is 0 Å². The molecule has 4 heteroatoms. The predicted octanol–water partition coefficient (Wildman–Crippen LogP) is 3.29. The molecule has 1 atom stereocenters. The summed E-state index contributed by atoms with van der Waals surface area (Å²) in [5.41, 5.74) is 0.931. The molecule has 0 aromatic carbocycles. The molecule has 1 N–H and O–H groups in total. The molecule has 2 aromatic rings. The molecule has 0 bridgehead atoms. The van der Waals surface area contributed by atoms with Crippen LogP contribution in [0.15, 0.2) is 29.0 Å². The van der Waals surface area contributed by atoms with Gasteiger partial charge in [-0.25, -0.2) is 4.98 Å². The third-order valence-corrected chi connectivity index (χ3v) is 4.16. The Morgan fingerprint density at radius 2 is 2.33 bits per heavy atom. The Morgan fingerprint density at radius 1 is 1.43 bits per heavy atom. The number of hydrogen-bond donors (Lipinski definition) is 1. The summed E-state index contributed by atoms with van der Waals surface area (Å²) in [7, 11) is 0. The molecular formula is C17H25N3O. The van der Waals surface area contributed by atoms with Crippen molar-refractivity contribution in [3.8, 4) is 0 Å². The number of anilines is 1. The number of nitrogens with zero attached hydrogens (tertiary/aromatic N) is 2. The summed E-state index contributed by atoms with van der Waals surface area (Å²) < 4.78 is 5.49. The fourth-order valence-electron chi connectivity index (χ4n) is 3.13. The number of hydrogen-bond acceptors (Lipinski definition) is 4. The lowest BCUT2D eigenvalue weighted by atomic mass is 9.97. The quantitative estimate of drug-likeness (QED) is 0.916. The van der Waals surface area contributed by atoms with Crippen LogP contribution >= 0.6 is 0 Å². The Morgan fingerprint density at radius 3 is 3.19 bits per heavy atom. The molecule has 3 rings (SSSR count). The summed E-state index contributed by atoms with van der Waals surface area (Å²) in [6.07, 6.45) is 6.15. The van der Waals surface area contributed by atoms with E-state index in [9.17, 15) is 0 Å². The minimum Gasteiger partial charge on any atom is -0.464 e. The van der Waals surface area contributed by atoms with Crippen LogP contribution in [0.4, 0.5) is 5.82 Å². The van der Waals surface area contributed by atoms with E-state index in [1.54, 1.807) is 6.26 Å². The van der Waals surface area contributed by atoms with Crippen LogP contribution in [0.2, 0.25) is 0 Å². The zero-order valence-corrected chi connectivity index (χ0v) is 13.0. The minimum absolute atomic E-state index is 0.710. The first kappa shape index (κ1) is 14.4. The van der Waals surface area contributed by atoms with Gasteiger partial charge in [-0.15, -0.1) is 0 Å².